The number of rotatable bonds is 0. The van der Waals surface area contributed by atoms with E-state index in [4.69, 9.17) is 9.47 Å². The number of benzene rings is 2. The van der Waals surface area contributed by atoms with Crippen molar-refractivity contribution < 1.29 is 9.47 Å². The highest BCUT2D eigenvalue weighted by molar-refractivity contribution is 7.78. The second-order valence-electron chi connectivity index (χ2n) is 7.30. The van der Waals surface area contributed by atoms with Gasteiger partial charge in [-0.2, -0.15) is 10.2 Å². The molecule has 1 aliphatic heterocycles. The first-order valence-corrected chi connectivity index (χ1v) is 10.1. The Bertz CT molecular complexity index is 1420. The van der Waals surface area contributed by atoms with Crippen molar-refractivity contribution >= 4 is 34.6 Å². The number of nitrogens with zero attached hydrogens (tertiary/aromatic N) is 5. The summed E-state index contributed by atoms with van der Waals surface area (Å²) in [6, 6.07) is 12.3. The molecule has 2 aromatic carbocycles. The molecule has 0 saturated heterocycles. The van der Waals surface area contributed by atoms with Crippen LogP contribution in [0.15, 0.2) is 42.6 Å². The number of thiol groups is 1. The molecule has 5 aromatic rings. The van der Waals surface area contributed by atoms with Crippen LogP contribution in [0, 0.1) is 0 Å². The molecule has 3 aromatic heterocycles. The highest BCUT2D eigenvalue weighted by atomic mass is 32.1. The van der Waals surface area contributed by atoms with Gasteiger partial charge in [-0.1, -0.05) is 12.1 Å². The predicted octanol–water partition coefficient (Wildman–Crippen LogP) is 3.83. The van der Waals surface area contributed by atoms with E-state index in [1.54, 1.807) is 4.68 Å². The Morgan fingerprint density at radius 1 is 1.03 bits per heavy atom. The zero-order valence-electron chi connectivity index (χ0n) is 16.2. The maximum atomic E-state index is 6.06. The lowest BCUT2D eigenvalue weighted by molar-refractivity contribution is 0.233. The summed E-state index contributed by atoms with van der Waals surface area (Å²) in [7, 11) is 1.88. The number of nitrogens with one attached hydrogen (secondary N) is 1. The Kier molecular flexibility index (Phi) is 3.79. The van der Waals surface area contributed by atoms with Gasteiger partial charge in [0, 0.05) is 24.4 Å². The summed E-state index contributed by atoms with van der Waals surface area (Å²) in [5.74, 6) is 1.29. The molecule has 1 aliphatic rings. The first kappa shape index (κ1) is 17.4. The average Bonchev–Trinajstić information content (AvgIpc) is 3.43. The Hall–Kier alpha value is -3.46. The number of aromatic nitrogens is 6. The van der Waals surface area contributed by atoms with Crippen LogP contribution >= 0.6 is 12.8 Å². The highest BCUT2D eigenvalue weighted by Crippen LogP contribution is 2.36. The van der Waals surface area contributed by atoms with Gasteiger partial charge in [0.15, 0.2) is 0 Å². The van der Waals surface area contributed by atoms with E-state index in [1.165, 1.54) is 4.09 Å². The minimum Gasteiger partial charge on any atom is -0.477 e. The number of aromatic amines is 1. The predicted molar refractivity (Wildman–Crippen MR) is 117 cm³/mol. The zero-order chi connectivity index (χ0) is 20.2. The van der Waals surface area contributed by atoms with E-state index in [1.807, 2.05) is 31.4 Å². The zero-order valence-corrected chi connectivity index (χ0v) is 17.1. The lowest BCUT2D eigenvalue weighted by atomic mass is 10.0. The molecule has 0 unspecified atom stereocenters. The monoisotopic (exact) mass is 418 g/mol. The third-order valence-corrected chi connectivity index (χ3v) is 5.73. The molecule has 0 saturated carbocycles. The largest absolute Gasteiger partial charge is 0.477 e. The summed E-state index contributed by atoms with van der Waals surface area (Å²) in [4.78, 5) is 0. The third-order valence-electron chi connectivity index (χ3n) is 5.43. The molecule has 30 heavy (non-hydrogen) atoms. The van der Waals surface area contributed by atoms with E-state index in [2.05, 4.69) is 51.4 Å². The van der Waals surface area contributed by atoms with E-state index in [-0.39, 0.29) is 0 Å². The van der Waals surface area contributed by atoms with E-state index in [0.717, 1.165) is 50.1 Å². The molecular weight excluding hydrogens is 400 g/mol. The van der Waals surface area contributed by atoms with E-state index in [9.17, 15) is 0 Å². The molecule has 0 spiro atoms. The standard InChI is InChI=1S/C21H18N6O2S/c1-26-21-16(11-22-26)12-3-5-17-14(9-12)19(24-23-17)13-4-6-18-15(10-13)20(25-27(18)30)28-7-2-8-29-21/h3-6,9-11,30H,2,7-8H2,1H3,(H,23,24). The molecule has 0 aliphatic carbocycles. The van der Waals surface area contributed by atoms with Crippen LogP contribution in [-0.4, -0.2) is 42.4 Å². The molecule has 0 radical (unpaired) electrons. The summed E-state index contributed by atoms with van der Waals surface area (Å²) in [6.45, 7) is 0.994. The van der Waals surface area contributed by atoms with Gasteiger partial charge in [0.1, 0.15) is 0 Å². The summed E-state index contributed by atoms with van der Waals surface area (Å²) in [5, 5.41) is 18.5. The van der Waals surface area contributed by atoms with Crippen molar-refractivity contribution in [3.8, 4) is 34.1 Å². The van der Waals surface area contributed by atoms with Crippen molar-refractivity contribution in [3.63, 3.8) is 0 Å². The van der Waals surface area contributed by atoms with Gasteiger partial charge in [0.05, 0.1) is 47.1 Å². The molecule has 4 bridgehead atoms. The van der Waals surface area contributed by atoms with Crippen LogP contribution in [0.2, 0.25) is 0 Å². The fourth-order valence-corrected chi connectivity index (χ4v) is 4.18. The van der Waals surface area contributed by atoms with Gasteiger partial charge in [-0.05, 0) is 42.6 Å². The molecule has 1 N–H and O–H groups in total. The molecule has 8 nitrogen and oxygen atoms in total. The van der Waals surface area contributed by atoms with Crippen LogP contribution in [0.5, 0.6) is 11.8 Å². The Balaban J connectivity index is 1.61. The first-order valence-electron chi connectivity index (χ1n) is 9.67. The quantitative estimate of drug-likeness (QED) is 0.374. The number of fused-ring (bicyclic) bond motifs is 5. The van der Waals surface area contributed by atoms with Gasteiger partial charge >= 0.3 is 0 Å². The maximum Gasteiger partial charge on any atom is 0.241 e. The molecule has 0 amide bonds. The van der Waals surface area contributed by atoms with Crippen LogP contribution in [0.4, 0.5) is 0 Å². The highest BCUT2D eigenvalue weighted by Gasteiger charge is 2.18. The van der Waals surface area contributed by atoms with Gasteiger partial charge in [-0.3, -0.25) is 5.10 Å². The SMILES string of the molecule is Cn1ncc2c1OCCCOc1nn(S)c3ccc(cc13)-c1n[nH]c3ccc-2cc13. The van der Waals surface area contributed by atoms with Crippen molar-refractivity contribution in [3.05, 3.63) is 42.6 Å². The van der Waals surface area contributed by atoms with Crippen LogP contribution in [0.3, 0.4) is 0 Å². The fourth-order valence-electron chi connectivity index (χ4n) is 3.92. The van der Waals surface area contributed by atoms with Crippen LogP contribution in [0.1, 0.15) is 6.42 Å². The van der Waals surface area contributed by atoms with Crippen molar-refractivity contribution in [1.82, 2.24) is 29.2 Å². The second kappa shape index (κ2) is 6.53. The van der Waals surface area contributed by atoms with Gasteiger partial charge in [-0.15, -0.1) is 5.10 Å². The van der Waals surface area contributed by atoms with Crippen LogP contribution in [-0.2, 0) is 7.05 Å². The van der Waals surface area contributed by atoms with Crippen molar-refractivity contribution in [2.75, 3.05) is 13.2 Å². The molecule has 0 fully saturated rings. The van der Waals surface area contributed by atoms with Gasteiger partial charge in [0.25, 0.3) is 0 Å². The number of hydrogen-bond donors (Lipinski definition) is 2. The topological polar surface area (TPSA) is 82.8 Å². The Morgan fingerprint density at radius 3 is 2.80 bits per heavy atom. The molecule has 150 valence electrons. The van der Waals surface area contributed by atoms with Crippen molar-refractivity contribution in [2.45, 2.75) is 6.42 Å². The third kappa shape index (κ3) is 2.58. The fraction of sp³-hybridized carbons (Fsp3) is 0.190. The average molecular weight is 418 g/mol. The molecule has 6 rings (SSSR count). The number of ether oxygens (including phenoxy) is 2. The normalized spacial score (nSPS) is 13.8. The van der Waals surface area contributed by atoms with Crippen molar-refractivity contribution in [2.24, 2.45) is 7.05 Å². The minimum absolute atomic E-state index is 0.484. The van der Waals surface area contributed by atoms with E-state index < -0.39 is 0 Å². The Labute approximate surface area is 176 Å². The van der Waals surface area contributed by atoms with Gasteiger partial charge in [0.2, 0.25) is 11.8 Å². The lowest BCUT2D eigenvalue weighted by Crippen LogP contribution is -2.08. The smallest absolute Gasteiger partial charge is 0.241 e. The van der Waals surface area contributed by atoms with Crippen LogP contribution in [0.25, 0.3) is 44.2 Å². The second-order valence-corrected chi connectivity index (χ2v) is 7.68. The van der Waals surface area contributed by atoms with E-state index >= 15 is 0 Å². The maximum absolute atomic E-state index is 6.06. The number of H-pyrrole nitrogens is 1. The molecular formula is C21H18N6O2S. The minimum atomic E-state index is 0.484. The van der Waals surface area contributed by atoms with Crippen LogP contribution < -0.4 is 9.47 Å². The van der Waals surface area contributed by atoms with Crippen molar-refractivity contribution in [1.29, 1.82) is 0 Å². The van der Waals surface area contributed by atoms with E-state index in [0.29, 0.717) is 25.5 Å². The Morgan fingerprint density at radius 2 is 1.87 bits per heavy atom. The van der Waals surface area contributed by atoms with Gasteiger partial charge < -0.3 is 9.47 Å². The molecule has 4 heterocycles. The molecule has 9 heteroatoms. The first-order chi connectivity index (χ1) is 14.7. The van der Waals surface area contributed by atoms with Gasteiger partial charge in [-0.25, -0.2) is 8.77 Å². The summed E-state index contributed by atoms with van der Waals surface area (Å²) in [6.07, 6.45) is 2.55. The summed E-state index contributed by atoms with van der Waals surface area (Å²) >= 11 is 4.43. The number of hydrogen-bond acceptors (Lipinski definition) is 6. The summed E-state index contributed by atoms with van der Waals surface area (Å²) < 4.78 is 15.3. The summed E-state index contributed by atoms with van der Waals surface area (Å²) in [5.41, 5.74) is 5.68. The lowest BCUT2D eigenvalue weighted by Gasteiger charge is -2.09. The molecule has 0 atom stereocenters. The number of aryl methyl sites for hydroxylation is 1.